The van der Waals surface area contributed by atoms with Gasteiger partial charge in [0.25, 0.3) is 0 Å². The summed E-state index contributed by atoms with van der Waals surface area (Å²) in [6.45, 7) is 1.77. The smallest absolute Gasteiger partial charge is 0.231 e. The monoisotopic (exact) mass is 235 g/mol. The van der Waals surface area contributed by atoms with Crippen LogP contribution in [-0.2, 0) is 5.88 Å². The molecule has 0 N–H and O–H groups in total. The van der Waals surface area contributed by atoms with E-state index < -0.39 is 0 Å². The van der Waals surface area contributed by atoms with Crippen molar-refractivity contribution in [1.82, 2.24) is 5.16 Å². The number of alkyl halides is 1. The summed E-state index contributed by atoms with van der Waals surface area (Å²) in [5.74, 6) is 0.363. The summed E-state index contributed by atoms with van der Waals surface area (Å²) in [6, 6.07) is 8.82. The fraction of sp³-hybridized carbons (Fsp3) is 0.167. The summed E-state index contributed by atoms with van der Waals surface area (Å²) in [4.78, 5) is 12.0. The summed E-state index contributed by atoms with van der Waals surface area (Å²) >= 11 is 5.77. The molecule has 1 heterocycles. The van der Waals surface area contributed by atoms with Crippen molar-refractivity contribution in [3.8, 4) is 0 Å². The second-order valence-electron chi connectivity index (χ2n) is 3.45. The number of hydrogen-bond acceptors (Lipinski definition) is 3. The van der Waals surface area contributed by atoms with E-state index in [0.717, 1.165) is 5.56 Å². The van der Waals surface area contributed by atoms with Crippen LogP contribution in [0, 0.1) is 6.92 Å². The molecule has 0 bridgehead atoms. The fourth-order valence-corrected chi connectivity index (χ4v) is 1.69. The Morgan fingerprint density at radius 1 is 1.44 bits per heavy atom. The van der Waals surface area contributed by atoms with Gasteiger partial charge in [-0.15, -0.1) is 11.6 Å². The van der Waals surface area contributed by atoms with E-state index in [1.165, 1.54) is 0 Å². The number of benzene rings is 1. The average molecular weight is 236 g/mol. The molecule has 0 atom stereocenters. The van der Waals surface area contributed by atoms with Gasteiger partial charge in [0.2, 0.25) is 11.5 Å². The van der Waals surface area contributed by atoms with Gasteiger partial charge in [0.15, 0.2) is 0 Å². The molecule has 2 rings (SSSR count). The minimum Gasteiger partial charge on any atom is -0.352 e. The van der Waals surface area contributed by atoms with Gasteiger partial charge in [-0.1, -0.05) is 29.4 Å². The van der Waals surface area contributed by atoms with E-state index in [1.807, 2.05) is 12.1 Å². The average Bonchev–Trinajstić information content (AvgIpc) is 2.75. The molecule has 82 valence electrons. The van der Waals surface area contributed by atoms with Crippen LogP contribution in [0.4, 0.5) is 0 Å². The van der Waals surface area contributed by atoms with Gasteiger partial charge in [-0.2, -0.15) is 0 Å². The zero-order valence-corrected chi connectivity index (χ0v) is 9.49. The molecular formula is C12H10ClNO2. The molecular weight excluding hydrogens is 226 g/mol. The van der Waals surface area contributed by atoms with Crippen LogP contribution in [0.15, 0.2) is 34.9 Å². The Labute approximate surface area is 98.0 Å². The van der Waals surface area contributed by atoms with Gasteiger partial charge >= 0.3 is 0 Å². The van der Waals surface area contributed by atoms with E-state index in [2.05, 4.69) is 5.16 Å². The van der Waals surface area contributed by atoms with Crippen molar-refractivity contribution in [1.29, 1.82) is 0 Å². The van der Waals surface area contributed by atoms with Gasteiger partial charge < -0.3 is 4.52 Å². The van der Waals surface area contributed by atoms with E-state index in [1.54, 1.807) is 25.1 Å². The Morgan fingerprint density at radius 2 is 2.19 bits per heavy atom. The lowest BCUT2D eigenvalue weighted by molar-refractivity contribution is 0.0999. The van der Waals surface area contributed by atoms with Crippen molar-refractivity contribution in [2.75, 3.05) is 0 Å². The standard InChI is InChI=1S/C12H10ClNO2/c1-8-6-11(16-14-8)12(15)10-5-3-2-4-9(10)7-13/h2-6H,7H2,1H3. The lowest BCUT2D eigenvalue weighted by Gasteiger charge is -2.02. The molecule has 0 aliphatic heterocycles. The fourth-order valence-electron chi connectivity index (χ4n) is 1.46. The number of carbonyl (C=O) groups excluding carboxylic acids is 1. The minimum absolute atomic E-state index is 0.183. The second-order valence-corrected chi connectivity index (χ2v) is 3.72. The lowest BCUT2D eigenvalue weighted by Crippen LogP contribution is -2.03. The van der Waals surface area contributed by atoms with Crippen molar-refractivity contribution in [2.45, 2.75) is 12.8 Å². The first-order chi connectivity index (χ1) is 7.72. The molecule has 16 heavy (non-hydrogen) atoms. The summed E-state index contributed by atoms with van der Waals surface area (Å²) in [6.07, 6.45) is 0. The third kappa shape index (κ3) is 1.99. The molecule has 0 aliphatic rings. The largest absolute Gasteiger partial charge is 0.352 e. The molecule has 0 fully saturated rings. The number of ketones is 1. The highest BCUT2D eigenvalue weighted by atomic mass is 35.5. The summed E-state index contributed by atoms with van der Waals surface area (Å²) < 4.78 is 4.94. The highest BCUT2D eigenvalue weighted by Gasteiger charge is 2.16. The molecule has 4 heteroatoms. The molecule has 3 nitrogen and oxygen atoms in total. The number of nitrogens with zero attached hydrogens (tertiary/aromatic N) is 1. The van der Waals surface area contributed by atoms with Crippen molar-refractivity contribution >= 4 is 17.4 Å². The highest BCUT2D eigenvalue weighted by molar-refractivity contribution is 6.18. The lowest BCUT2D eigenvalue weighted by atomic mass is 10.0. The van der Waals surface area contributed by atoms with E-state index in [9.17, 15) is 4.79 Å². The quantitative estimate of drug-likeness (QED) is 0.607. The van der Waals surface area contributed by atoms with Crippen LogP contribution in [0.3, 0.4) is 0 Å². The van der Waals surface area contributed by atoms with E-state index in [-0.39, 0.29) is 11.5 Å². The van der Waals surface area contributed by atoms with Crippen LogP contribution >= 0.6 is 11.6 Å². The van der Waals surface area contributed by atoms with Crippen LogP contribution in [0.2, 0.25) is 0 Å². The molecule has 0 spiro atoms. The van der Waals surface area contributed by atoms with Crippen molar-refractivity contribution in [3.63, 3.8) is 0 Å². The minimum atomic E-state index is -0.183. The third-order valence-electron chi connectivity index (χ3n) is 2.26. The summed E-state index contributed by atoms with van der Waals surface area (Å²) in [5, 5.41) is 3.69. The second kappa shape index (κ2) is 4.49. The van der Waals surface area contributed by atoms with Gasteiger partial charge in [-0.05, 0) is 12.5 Å². The number of rotatable bonds is 3. The van der Waals surface area contributed by atoms with Crippen LogP contribution in [0.5, 0.6) is 0 Å². The van der Waals surface area contributed by atoms with Gasteiger partial charge in [-0.25, -0.2) is 0 Å². The van der Waals surface area contributed by atoms with Crippen LogP contribution in [0.25, 0.3) is 0 Å². The number of hydrogen-bond donors (Lipinski definition) is 0. The van der Waals surface area contributed by atoms with Crippen LogP contribution in [-0.4, -0.2) is 10.9 Å². The van der Waals surface area contributed by atoms with E-state index in [0.29, 0.717) is 17.1 Å². The predicted molar refractivity (Wildman–Crippen MR) is 60.7 cm³/mol. The maximum atomic E-state index is 12.0. The number of aryl methyl sites for hydroxylation is 1. The van der Waals surface area contributed by atoms with Gasteiger partial charge in [0, 0.05) is 17.5 Å². The van der Waals surface area contributed by atoms with E-state index >= 15 is 0 Å². The zero-order chi connectivity index (χ0) is 11.5. The predicted octanol–water partition coefficient (Wildman–Crippen LogP) is 2.95. The molecule has 0 saturated carbocycles. The third-order valence-corrected chi connectivity index (χ3v) is 2.55. The normalized spacial score (nSPS) is 10.4. The summed E-state index contributed by atoms with van der Waals surface area (Å²) in [7, 11) is 0. The summed E-state index contributed by atoms with van der Waals surface area (Å²) in [5.41, 5.74) is 2.04. The molecule has 0 amide bonds. The first kappa shape index (κ1) is 10.9. The SMILES string of the molecule is Cc1cc(C(=O)c2ccccc2CCl)on1. The molecule has 2 aromatic rings. The Kier molecular flexibility index (Phi) is 3.06. The first-order valence-corrected chi connectivity index (χ1v) is 5.37. The topological polar surface area (TPSA) is 43.1 Å². The molecule has 1 aromatic carbocycles. The molecule has 0 saturated heterocycles. The van der Waals surface area contributed by atoms with E-state index in [4.69, 9.17) is 16.1 Å². The van der Waals surface area contributed by atoms with Gasteiger partial charge in [0.1, 0.15) is 0 Å². The van der Waals surface area contributed by atoms with Crippen molar-refractivity contribution in [3.05, 3.63) is 52.9 Å². The highest BCUT2D eigenvalue weighted by Crippen LogP contribution is 2.16. The zero-order valence-electron chi connectivity index (χ0n) is 8.74. The number of aromatic nitrogens is 1. The van der Waals surface area contributed by atoms with Gasteiger partial charge in [-0.3, -0.25) is 4.79 Å². The maximum Gasteiger partial charge on any atom is 0.231 e. The Morgan fingerprint density at radius 3 is 2.81 bits per heavy atom. The Hall–Kier alpha value is -1.61. The van der Waals surface area contributed by atoms with Crippen molar-refractivity contribution < 1.29 is 9.32 Å². The number of carbonyl (C=O) groups is 1. The molecule has 0 aliphatic carbocycles. The Balaban J connectivity index is 2.41. The Bertz CT molecular complexity index is 519. The van der Waals surface area contributed by atoms with Crippen molar-refractivity contribution in [2.24, 2.45) is 0 Å². The van der Waals surface area contributed by atoms with Crippen LogP contribution < -0.4 is 0 Å². The van der Waals surface area contributed by atoms with Gasteiger partial charge in [0.05, 0.1) is 5.69 Å². The maximum absolute atomic E-state index is 12.0. The first-order valence-electron chi connectivity index (χ1n) is 4.84. The van der Waals surface area contributed by atoms with Crippen LogP contribution in [0.1, 0.15) is 27.4 Å². The molecule has 0 radical (unpaired) electrons. The molecule has 1 aromatic heterocycles. The number of halogens is 1. The molecule has 0 unspecified atom stereocenters.